The minimum absolute atomic E-state index is 0.0224. The summed E-state index contributed by atoms with van der Waals surface area (Å²) in [7, 11) is -3.07. The van der Waals surface area contributed by atoms with E-state index < -0.39 is 15.9 Å². The van der Waals surface area contributed by atoms with Crippen LogP contribution < -0.4 is 5.32 Å². The van der Waals surface area contributed by atoms with Gasteiger partial charge in [-0.05, 0) is 32.1 Å². The Labute approximate surface area is 177 Å². The summed E-state index contributed by atoms with van der Waals surface area (Å²) in [5.74, 6) is 0.384. The van der Waals surface area contributed by atoms with Crippen molar-refractivity contribution in [2.24, 2.45) is 0 Å². The quantitative estimate of drug-likeness (QED) is 0.775. The van der Waals surface area contributed by atoms with Gasteiger partial charge in [0.05, 0.1) is 17.2 Å². The summed E-state index contributed by atoms with van der Waals surface area (Å²) >= 11 is 0. The summed E-state index contributed by atoms with van der Waals surface area (Å²) in [6, 6.07) is 0.955. The molecule has 0 unspecified atom stereocenters. The molecule has 166 valence electrons. The lowest BCUT2D eigenvalue weighted by molar-refractivity contribution is -0.121. The summed E-state index contributed by atoms with van der Waals surface area (Å²) in [5, 5.41) is 6.94. The SMILES string of the molecule is O=C(Nc1cc(C2CCCCC2)no1)[C@@H]1CCCCN1C(=O)N1CCS(=O)(=O)CC1. The number of sulfone groups is 1. The first-order valence-corrected chi connectivity index (χ1v) is 12.8. The van der Waals surface area contributed by atoms with Crippen LogP contribution in [-0.4, -0.2) is 72.5 Å². The average molecular weight is 439 g/mol. The Morgan fingerprint density at radius 2 is 1.70 bits per heavy atom. The minimum Gasteiger partial charge on any atom is -0.338 e. The Hall–Kier alpha value is -2.10. The molecule has 3 heterocycles. The number of likely N-dealkylation sites (tertiary alicyclic amines) is 1. The molecule has 3 aliphatic rings. The number of piperidine rings is 1. The molecule has 1 N–H and O–H groups in total. The maximum absolute atomic E-state index is 13.0. The van der Waals surface area contributed by atoms with Gasteiger partial charge >= 0.3 is 6.03 Å². The van der Waals surface area contributed by atoms with Crippen LogP contribution in [0.25, 0.3) is 0 Å². The number of hydrogen-bond acceptors (Lipinski definition) is 6. The van der Waals surface area contributed by atoms with Crippen LogP contribution in [0.5, 0.6) is 0 Å². The number of rotatable bonds is 3. The van der Waals surface area contributed by atoms with E-state index in [0.717, 1.165) is 31.4 Å². The number of carbonyl (C=O) groups is 2. The number of nitrogens with one attached hydrogen (secondary N) is 1. The van der Waals surface area contributed by atoms with Crippen LogP contribution >= 0.6 is 0 Å². The van der Waals surface area contributed by atoms with Crippen LogP contribution in [0.4, 0.5) is 10.7 Å². The summed E-state index contributed by atoms with van der Waals surface area (Å²) in [4.78, 5) is 29.1. The number of anilines is 1. The van der Waals surface area contributed by atoms with E-state index in [1.165, 1.54) is 19.3 Å². The monoisotopic (exact) mass is 438 g/mol. The zero-order valence-electron chi connectivity index (χ0n) is 17.2. The number of carbonyl (C=O) groups excluding carboxylic acids is 2. The molecule has 1 aliphatic carbocycles. The number of nitrogens with zero attached hydrogens (tertiary/aromatic N) is 3. The van der Waals surface area contributed by atoms with Crippen molar-refractivity contribution in [1.82, 2.24) is 15.0 Å². The lowest BCUT2D eigenvalue weighted by Crippen LogP contribution is -2.56. The zero-order valence-corrected chi connectivity index (χ0v) is 18.0. The third-order valence-electron chi connectivity index (χ3n) is 6.46. The van der Waals surface area contributed by atoms with Crippen LogP contribution in [0, 0.1) is 0 Å². The Morgan fingerprint density at radius 1 is 1.00 bits per heavy atom. The van der Waals surface area contributed by atoms with E-state index in [1.807, 2.05) is 0 Å². The predicted octanol–water partition coefficient (Wildman–Crippen LogP) is 2.37. The zero-order chi connectivity index (χ0) is 21.1. The second-order valence-electron chi connectivity index (χ2n) is 8.57. The summed E-state index contributed by atoms with van der Waals surface area (Å²) in [6.45, 7) is 0.849. The molecular weight excluding hydrogens is 408 g/mol. The van der Waals surface area contributed by atoms with Gasteiger partial charge in [0.1, 0.15) is 6.04 Å². The van der Waals surface area contributed by atoms with Crippen molar-refractivity contribution in [2.75, 3.05) is 36.5 Å². The molecule has 3 amide bonds. The molecule has 1 aromatic heterocycles. The molecule has 0 bridgehead atoms. The summed E-state index contributed by atoms with van der Waals surface area (Å²) < 4.78 is 28.7. The van der Waals surface area contributed by atoms with Gasteiger partial charge in [-0.25, -0.2) is 13.2 Å². The van der Waals surface area contributed by atoms with E-state index in [0.29, 0.717) is 24.8 Å². The molecular formula is C20H30N4O5S. The third-order valence-corrected chi connectivity index (χ3v) is 8.07. The number of amides is 3. The second kappa shape index (κ2) is 8.95. The number of urea groups is 1. The summed E-state index contributed by atoms with van der Waals surface area (Å²) in [6.07, 6.45) is 8.09. The normalized spacial score (nSPS) is 25.1. The lowest BCUT2D eigenvalue weighted by Gasteiger charge is -2.39. The van der Waals surface area contributed by atoms with Crippen LogP contribution in [-0.2, 0) is 14.6 Å². The highest BCUT2D eigenvalue weighted by Crippen LogP contribution is 2.33. The molecule has 0 spiro atoms. The standard InChI is InChI=1S/C20H30N4O5S/c25-19(21-18-14-16(22-29-18)15-6-2-1-3-7-15)17-8-4-5-9-24(17)20(26)23-10-12-30(27,28)13-11-23/h14-15,17H,1-13H2,(H,21,25)/t17-/m0/s1. The molecule has 1 aromatic rings. The average Bonchev–Trinajstić information content (AvgIpc) is 3.22. The first kappa shape index (κ1) is 21.1. The molecule has 2 saturated heterocycles. The topological polar surface area (TPSA) is 113 Å². The van der Waals surface area contributed by atoms with Gasteiger partial charge in [0.2, 0.25) is 11.8 Å². The van der Waals surface area contributed by atoms with Gasteiger partial charge in [-0.1, -0.05) is 24.4 Å². The van der Waals surface area contributed by atoms with Gasteiger partial charge in [-0.3, -0.25) is 10.1 Å². The highest BCUT2D eigenvalue weighted by molar-refractivity contribution is 7.91. The molecule has 9 nitrogen and oxygen atoms in total. The van der Waals surface area contributed by atoms with Crippen LogP contribution in [0.2, 0.25) is 0 Å². The van der Waals surface area contributed by atoms with E-state index in [1.54, 1.807) is 15.9 Å². The van der Waals surface area contributed by atoms with Gasteiger partial charge < -0.3 is 14.3 Å². The highest BCUT2D eigenvalue weighted by atomic mass is 32.2. The van der Waals surface area contributed by atoms with E-state index >= 15 is 0 Å². The first-order valence-electron chi connectivity index (χ1n) is 11.0. The van der Waals surface area contributed by atoms with Crippen LogP contribution in [0.3, 0.4) is 0 Å². The molecule has 0 radical (unpaired) electrons. The molecule has 3 fully saturated rings. The highest BCUT2D eigenvalue weighted by Gasteiger charge is 2.36. The van der Waals surface area contributed by atoms with Gasteiger partial charge in [0, 0.05) is 31.6 Å². The Kier molecular flexibility index (Phi) is 6.31. The third kappa shape index (κ3) is 4.79. The van der Waals surface area contributed by atoms with E-state index in [2.05, 4.69) is 10.5 Å². The Morgan fingerprint density at radius 3 is 2.43 bits per heavy atom. The van der Waals surface area contributed by atoms with E-state index in [-0.39, 0.29) is 36.5 Å². The largest absolute Gasteiger partial charge is 0.338 e. The van der Waals surface area contributed by atoms with E-state index in [9.17, 15) is 18.0 Å². The van der Waals surface area contributed by atoms with Crippen molar-refractivity contribution in [1.29, 1.82) is 0 Å². The maximum Gasteiger partial charge on any atom is 0.320 e. The molecule has 4 rings (SSSR count). The van der Waals surface area contributed by atoms with Crippen molar-refractivity contribution in [2.45, 2.75) is 63.3 Å². The van der Waals surface area contributed by atoms with Crippen LogP contribution in [0.15, 0.2) is 10.6 Å². The summed E-state index contributed by atoms with van der Waals surface area (Å²) in [5.41, 5.74) is 0.885. The molecule has 30 heavy (non-hydrogen) atoms. The second-order valence-corrected chi connectivity index (χ2v) is 10.9. The van der Waals surface area contributed by atoms with Crippen molar-refractivity contribution in [3.63, 3.8) is 0 Å². The number of hydrogen-bond donors (Lipinski definition) is 1. The minimum atomic E-state index is -3.07. The molecule has 1 atom stereocenters. The fourth-order valence-corrected chi connectivity index (χ4v) is 5.86. The fraction of sp³-hybridized carbons (Fsp3) is 0.750. The van der Waals surface area contributed by atoms with Crippen molar-refractivity contribution >= 4 is 27.7 Å². The van der Waals surface area contributed by atoms with Crippen LogP contribution in [0.1, 0.15) is 63.0 Å². The van der Waals surface area contributed by atoms with Crippen molar-refractivity contribution in [3.05, 3.63) is 11.8 Å². The van der Waals surface area contributed by atoms with Crippen molar-refractivity contribution < 1.29 is 22.5 Å². The Bertz CT molecular complexity index is 864. The molecule has 10 heteroatoms. The molecule has 1 saturated carbocycles. The van der Waals surface area contributed by atoms with Gasteiger partial charge in [0.25, 0.3) is 0 Å². The van der Waals surface area contributed by atoms with Gasteiger partial charge in [-0.15, -0.1) is 0 Å². The predicted molar refractivity (Wildman–Crippen MR) is 111 cm³/mol. The molecule has 2 aliphatic heterocycles. The van der Waals surface area contributed by atoms with E-state index in [4.69, 9.17) is 4.52 Å². The first-order chi connectivity index (χ1) is 14.4. The Balaban J connectivity index is 1.39. The van der Waals surface area contributed by atoms with Gasteiger partial charge in [-0.2, -0.15) is 0 Å². The number of aromatic nitrogens is 1. The lowest BCUT2D eigenvalue weighted by atomic mass is 9.87. The maximum atomic E-state index is 13.0. The van der Waals surface area contributed by atoms with Crippen molar-refractivity contribution in [3.8, 4) is 0 Å². The fourth-order valence-electron chi connectivity index (χ4n) is 4.66. The smallest absolute Gasteiger partial charge is 0.320 e. The van der Waals surface area contributed by atoms with Gasteiger partial charge in [0.15, 0.2) is 9.84 Å². The molecule has 0 aromatic carbocycles.